The van der Waals surface area contributed by atoms with Crippen LogP contribution in [-0.4, -0.2) is 0 Å². The van der Waals surface area contributed by atoms with Crippen molar-refractivity contribution in [3.63, 3.8) is 0 Å². The van der Waals surface area contributed by atoms with Gasteiger partial charge in [-0.3, -0.25) is 0 Å². The normalized spacial score (nSPS) is 26.1. The monoisotopic (exact) mass is 306 g/mol. The van der Waals surface area contributed by atoms with Crippen LogP contribution >= 0.6 is 11.3 Å². The first-order chi connectivity index (χ1) is 10.9. The van der Waals surface area contributed by atoms with Crippen molar-refractivity contribution in [2.24, 2.45) is 5.92 Å². The van der Waals surface area contributed by atoms with Crippen molar-refractivity contribution in [1.82, 2.24) is 0 Å². The summed E-state index contributed by atoms with van der Waals surface area (Å²) in [7, 11) is 0. The van der Waals surface area contributed by atoms with Gasteiger partial charge in [-0.25, -0.2) is 0 Å². The Morgan fingerprint density at radius 3 is 2.86 bits per heavy atom. The van der Waals surface area contributed by atoms with E-state index >= 15 is 0 Å². The lowest BCUT2D eigenvalue weighted by molar-refractivity contribution is 0.649. The zero-order valence-corrected chi connectivity index (χ0v) is 13.7. The van der Waals surface area contributed by atoms with Gasteiger partial charge in [-0.05, 0) is 60.6 Å². The lowest BCUT2D eigenvalue weighted by atomic mass is 9.84. The van der Waals surface area contributed by atoms with Crippen LogP contribution in [-0.2, 0) is 6.42 Å². The summed E-state index contributed by atoms with van der Waals surface area (Å²) in [4.78, 5) is 1.49. The maximum Gasteiger partial charge on any atom is 0.0302 e. The average molecular weight is 306 g/mol. The number of rotatable bonds is 3. The molecule has 0 nitrogen and oxygen atoms in total. The molecule has 2 atom stereocenters. The predicted octanol–water partition coefficient (Wildman–Crippen LogP) is 6.20. The standard InChI is InChI=1S/C21H22S/c1-2-6-16(7-3-1)14-17-10-12-18(13-11-17)20-15-22-21-9-5-4-8-19(20)21/h1-3,5-6,9-12,15-16,18H,4,7-8,13-14H2. The van der Waals surface area contributed by atoms with Gasteiger partial charge in [0.1, 0.15) is 0 Å². The van der Waals surface area contributed by atoms with Gasteiger partial charge < -0.3 is 0 Å². The maximum absolute atomic E-state index is 2.47. The molecule has 4 rings (SSSR count). The van der Waals surface area contributed by atoms with E-state index < -0.39 is 0 Å². The van der Waals surface area contributed by atoms with Gasteiger partial charge in [0.25, 0.3) is 0 Å². The highest BCUT2D eigenvalue weighted by Gasteiger charge is 2.20. The Bertz CT molecular complexity index is 693. The molecule has 0 saturated carbocycles. The highest BCUT2D eigenvalue weighted by molar-refractivity contribution is 7.11. The van der Waals surface area contributed by atoms with E-state index in [9.17, 15) is 0 Å². The number of hydrogen-bond acceptors (Lipinski definition) is 1. The zero-order chi connectivity index (χ0) is 14.8. The maximum atomic E-state index is 2.47. The van der Waals surface area contributed by atoms with Gasteiger partial charge in [0, 0.05) is 10.8 Å². The highest BCUT2D eigenvalue weighted by atomic mass is 32.1. The van der Waals surface area contributed by atoms with Crippen LogP contribution in [0.2, 0.25) is 0 Å². The minimum Gasteiger partial charge on any atom is -0.144 e. The molecular formula is C21H22S. The van der Waals surface area contributed by atoms with Crippen molar-refractivity contribution < 1.29 is 0 Å². The second kappa shape index (κ2) is 6.26. The third-order valence-electron chi connectivity index (χ3n) is 4.93. The molecule has 2 unspecified atom stereocenters. The first-order valence-electron chi connectivity index (χ1n) is 8.37. The van der Waals surface area contributed by atoms with E-state index in [0.29, 0.717) is 11.8 Å². The van der Waals surface area contributed by atoms with Crippen molar-refractivity contribution in [1.29, 1.82) is 0 Å². The molecule has 1 aromatic heterocycles. The molecule has 22 heavy (non-hydrogen) atoms. The van der Waals surface area contributed by atoms with Crippen molar-refractivity contribution in [2.45, 2.75) is 38.0 Å². The number of allylic oxidation sites excluding steroid dienone is 9. The van der Waals surface area contributed by atoms with Gasteiger partial charge in [-0.2, -0.15) is 0 Å². The molecule has 1 heteroatoms. The van der Waals surface area contributed by atoms with E-state index in [1.165, 1.54) is 42.6 Å². The molecule has 0 spiro atoms. The van der Waals surface area contributed by atoms with Crippen molar-refractivity contribution in [3.05, 3.63) is 75.6 Å². The first kappa shape index (κ1) is 14.0. The molecule has 0 radical (unpaired) electrons. The fourth-order valence-corrected chi connectivity index (χ4v) is 4.79. The van der Waals surface area contributed by atoms with E-state index in [1.807, 2.05) is 11.3 Å². The Kier molecular flexibility index (Phi) is 3.99. The first-order valence-corrected chi connectivity index (χ1v) is 9.25. The summed E-state index contributed by atoms with van der Waals surface area (Å²) in [5, 5.41) is 2.39. The van der Waals surface area contributed by atoms with Crippen molar-refractivity contribution in [2.75, 3.05) is 0 Å². The van der Waals surface area contributed by atoms with Crippen molar-refractivity contribution >= 4 is 17.4 Å². The molecule has 1 heterocycles. The van der Waals surface area contributed by atoms with E-state index in [1.54, 1.807) is 11.1 Å². The molecular weight excluding hydrogens is 284 g/mol. The Labute approximate surface area is 137 Å². The smallest absolute Gasteiger partial charge is 0.0302 e. The van der Waals surface area contributed by atoms with E-state index in [4.69, 9.17) is 0 Å². The summed E-state index contributed by atoms with van der Waals surface area (Å²) in [6.45, 7) is 0. The van der Waals surface area contributed by atoms with Gasteiger partial charge in [0.2, 0.25) is 0 Å². The molecule has 0 saturated heterocycles. The molecule has 0 fully saturated rings. The SMILES string of the molecule is C1=CCC(CC2=CCC(c3csc4c3CCC=C4)C=C2)C=C1. The van der Waals surface area contributed by atoms with Crippen LogP contribution in [0.4, 0.5) is 0 Å². The predicted molar refractivity (Wildman–Crippen MR) is 97.3 cm³/mol. The minimum atomic E-state index is 0.594. The van der Waals surface area contributed by atoms with Crippen LogP contribution in [0, 0.1) is 5.92 Å². The molecule has 3 aliphatic rings. The van der Waals surface area contributed by atoms with E-state index in [-0.39, 0.29) is 0 Å². The fraction of sp³-hybridized carbons (Fsp3) is 0.333. The summed E-state index contributed by atoms with van der Waals surface area (Å²) in [6, 6.07) is 0. The fourth-order valence-electron chi connectivity index (χ4n) is 3.68. The average Bonchev–Trinajstić information content (AvgIpc) is 3.01. The molecule has 0 aliphatic heterocycles. The number of hydrogen-bond donors (Lipinski definition) is 0. The summed E-state index contributed by atoms with van der Waals surface area (Å²) < 4.78 is 0. The van der Waals surface area contributed by atoms with Crippen molar-refractivity contribution in [3.8, 4) is 0 Å². The highest BCUT2D eigenvalue weighted by Crippen LogP contribution is 2.38. The molecule has 112 valence electrons. The van der Waals surface area contributed by atoms with E-state index in [0.717, 1.165) is 0 Å². The summed E-state index contributed by atoms with van der Waals surface area (Å²) in [5.74, 6) is 1.29. The van der Waals surface area contributed by atoms with Crippen LogP contribution in [0.5, 0.6) is 0 Å². The Hall–Kier alpha value is -1.60. The topological polar surface area (TPSA) is 0 Å². The summed E-state index contributed by atoms with van der Waals surface area (Å²) in [5.41, 5.74) is 4.71. The van der Waals surface area contributed by atoms with Gasteiger partial charge in [-0.15, -0.1) is 11.3 Å². The number of thiophene rings is 1. The van der Waals surface area contributed by atoms with Crippen LogP contribution < -0.4 is 0 Å². The lowest BCUT2D eigenvalue weighted by Gasteiger charge is -2.20. The minimum absolute atomic E-state index is 0.594. The van der Waals surface area contributed by atoms with Crippen LogP contribution in [0.1, 0.15) is 47.6 Å². The van der Waals surface area contributed by atoms with Crippen LogP contribution in [0.15, 0.2) is 59.6 Å². The Balaban J connectivity index is 1.44. The van der Waals surface area contributed by atoms with Gasteiger partial charge in [0.05, 0.1) is 0 Å². The second-order valence-electron chi connectivity index (χ2n) is 6.47. The third-order valence-corrected chi connectivity index (χ3v) is 5.94. The second-order valence-corrected chi connectivity index (χ2v) is 7.38. The Morgan fingerprint density at radius 1 is 1.05 bits per heavy atom. The largest absolute Gasteiger partial charge is 0.144 e. The summed E-state index contributed by atoms with van der Waals surface area (Å²) in [6.07, 6.45) is 26.9. The molecule has 0 amide bonds. The zero-order valence-electron chi connectivity index (χ0n) is 12.9. The quantitative estimate of drug-likeness (QED) is 0.623. The van der Waals surface area contributed by atoms with Gasteiger partial charge in [0.15, 0.2) is 0 Å². The molecule has 3 aliphatic carbocycles. The van der Waals surface area contributed by atoms with Crippen LogP contribution in [0.3, 0.4) is 0 Å². The van der Waals surface area contributed by atoms with Crippen LogP contribution in [0.25, 0.3) is 6.08 Å². The molecule has 0 aromatic carbocycles. The van der Waals surface area contributed by atoms with E-state index in [2.05, 4.69) is 60.1 Å². The molecule has 0 N–H and O–H groups in total. The van der Waals surface area contributed by atoms with Gasteiger partial charge >= 0.3 is 0 Å². The molecule has 1 aromatic rings. The number of fused-ring (bicyclic) bond motifs is 1. The van der Waals surface area contributed by atoms with Gasteiger partial charge in [-0.1, -0.05) is 54.2 Å². The Morgan fingerprint density at radius 2 is 2.05 bits per heavy atom. The lowest BCUT2D eigenvalue weighted by Crippen LogP contribution is -2.05. The summed E-state index contributed by atoms with van der Waals surface area (Å²) >= 11 is 1.92. The molecule has 0 bridgehead atoms. The third kappa shape index (κ3) is 2.83.